The van der Waals surface area contributed by atoms with Crippen LogP contribution in [0.5, 0.6) is 5.75 Å². The number of hydrogen-bond donors (Lipinski definition) is 0. The molecule has 0 aliphatic heterocycles. The van der Waals surface area contributed by atoms with Crippen molar-refractivity contribution in [2.75, 3.05) is 13.7 Å². The van der Waals surface area contributed by atoms with E-state index < -0.39 is 0 Å². The van der Waals surface area contributed by atoms with Crippen molar-refractivity contribution in [2.24, 2.45) is 23.7 Å². The molecule has 4 atom stereocenters. The van der Waals surface area contributed by atoms with E-state index in [-0.39, 0.29) is 35.4 Å². The van der Waals surface area contributed by atoms with Crippen molar-refractivity contribution in [3.8, 4) is 5.75 Å². The van der Waals surface area contributed by atoms with Crippen LogP contribution in [0.25, 0.3) is 0 Å². The van der Waals surface area contributed by atoms with Gasteiger partial charge in [0, 0.05) is 11.8 Å². The molecule has 1 aromatic carbocycles. The zero-order valence-electron chi connectivity index (χ0n) is 12.4. The molecule has 2 aliphatic rings. The van der Waals surface area contributed by atoms with Crippen LogP contribution in [-0.2, 0) is 20.7 Å². The molecular formula is C17H20O4. The van der Waals surface area contributed by atoms with Gasteiger partial charge in [-0.05, 0) is 43.4 Å². The summed E-state index contributed by atoms with van der Waals surface area (Å²) in [5, 5.41) is 0. The number of hydrogen-bond acceptors (Lipinski definition) is 4. The van der Waals surface area contributed by atoms with Crippen LogP contribution in [0.15, 0.2) is 24.3 Å². The molecular weight excluding hydrogens is 268 g/mol. The molecule has 4 heteroatoms. The Kier molecular flexibility index (Phi) is 3.70. The van der Waals surface area contributed by atoms with Gasteiger partial charge in [0.05, 0.1) is 19.6 Å². The molecule has 0 radical (unpaired) electrons. The number of rotatable bonds is 5. The maximum atomic E-state index is 12.4. The van der Waals surface area contributed by atoms with E-state index in [2.05, 4.69) is 0 Å². The largest absolute Gasteiger partial charge is 0.497 e. The van der Waals surface area contributed by atoms with Gasteiger partial charge < -0.3 is 9.47 Å². The Morgan fingerprint density at radius 1 is 1.38 bits per heavy atom. The van der Waals surface area contributed by atoms with E-state index in [9.17, 15) is 9.59 Å². The molecule has 0 heterocycles. The van der Waals surface area contributed by atoms with E-state index >= 15 is 0 Å². The summed E-state index contributed by atoms with van der Waals surface area (Å²) < 4.78 is 10.2. The van der Waals surface area contributed by atoms with Gasteiger partial charge >= 0.3 is 5.97 Å². The minimum atomic E-state index is -0.194. The quantitative estimate of drug-likeness (QED) is 0.780. The van der Waals surface area contributed by atoms with E-state index in [1.807, 2.05) is 24.3 Å². The number of ketones is 1. The highest BCUT2D eigenvalue weighted by Crippen LogP contribution is 2.58. The minimum Gasteiger partial charge on any atom is -0.497 e. The fourth-order valence-electron chi connectivity index (χ4n) is 3.60. The molecule has 0 amide bonds. The Labute approximate surface area is 124 Å². The Morgan fingerprint density at radius 2 is 2.19 bits per heavy atom. The summed E-state index contributed by atoms with van der Waals surface area (Å²) in [4.78, 5) is 24.1. The van der Waals surface area contributed by atoms with Crippen LogP contribution >= 0.6 is 0 Å². The van der Waals surface area contributed by atoms with Crippen LogP contribution in [0, 0.1) is 23.7 Å². The summed E-state index contributed by atoms with van der Waals surface area (Å²) in [6, 6.07) is 7.83. The van der Waals surface area contributed by atoms with Crippen LogP contribution in [0.2, 0.25) is 0 Å². The number of ether oxygens (including phenoxy) is 2. The number of Topliss-reactive ketones (excluding diaryl/α,β-unsaturated/α-hetero) is 1. The van der Waals surface area contributed by atoms with E-state index in [0.717, 1.165) is 24.2 Å². The fraction of sp³-hybridized carbons (Fsp3) is 0.529. The maximum Gasteiger partial charge on any atom is 0.309 e. The van der Waals surface area contributed by atoms with Gasteiger partial charge in [0.2, 0.25) is 0 Å². The van der Waals surface area contributed by atoms with Gasteiger partial charge in [-0.25, -0.2) is 0 Å². The van der Waals surface area contributed by atoms with Gasteiger partial charge in [-0.1, -0.05) is 12.1 Å². The fourth-order valence-corrected chi connectivity index (χ4v) is 3.60. The normalized spacial score (nSPS) is 29.9. The highest BCUT2D eigenvalue weighted by molar-refractivity contribution is 5.96. The Hall–Kier alpha value is -1.84. The maximum absolute atomic E-state index is 12.4. The highest BCUT2D eigenvalue weighted by Gasteiger charge is 2.65. The van der Waals surface area contributed by atoms with E-state index in [1.165, 1.54) is 0 Å². The van der Waals surface area contributed by atoms with Gasteiger partial charge in [0.25, 0.3) is 0 Å². The lowest BCUT2D eigenvalue weighted by Gasteiger charge is -2.13. The van der Waals surface area contributed by atoms with Crippen molar-refractivity contribution in [3.05, 3.63) is 29.8 Å². The number of methoxy groups -OCH3 is 1. The Morgan fingerprint density at radius 3 is 2.81 bits per heavy atom. The first-order valence-electron chi connectivity index (χ1n) is 7.49. The molecule has 21 heavy (non-hydrogen) atoms. The second-order valence-electron chi connectivity index (χ2n) is 5.86. The van der Waals surface area contributed by atoms with Gasteiger partial charge in [-0.15, -0.1) is 0 Å². The predicted octanol–water partition coefficient (Wildman–Crippen LogP) is 2.25. The van der Waals surface area contributed by atoms with Crippen molar-refractivity contribution in [3.63, 3.8) is 0 Å². The standard InChI is InChI=1S/C17H20O4/c1-3-21-17(19)15-13-9-11(16(18)14(13)15)7-10-5-4-6-12(8-10)20-2/h4-6,8,11,13-15H,3,7,9H2,1-2H3. The molecule has 2 saturated carbocycles. The molecule has 1 aromatic rings. The van der Waals surface area contributed by atoms with E-state index in [4.69, 9.17) is 9.47 Å². The summed E-state index contributed by atoms with van der Waals surface area (Å²) in [5.41, 5.74) is 1.11. The van der Waals surface area contributed by atoms with Crippen LogP contribution in [0.1, 0.15) is 18.9 Å². The first-order chi connectivity index (χ1) is 10.2. The Balaban J connectivity index is 1.61. The SMILES string of the molecule is CCOC(=O)C1C2CC(Cc3cccc(OC)c3)C(=O)C21. The lowest BCUT2D eigenvalue weighted by molar-refractivity contribution is -0.146. The predicted molar refractivity (Wildman–Crippen MR) is 76.9 cm³/mol. The molecule has 112 valence electrons. The molecule has 4 nitrogen and oxygen atoms in total. The van der Waals surface area contributed by atoms with Gasteiger partial charge in [0.1, 0.15) is 11.5 Å². The molecule has 0 N–H and O–H groups in total. The third-order valence-corrected chi connectivity index (χ3v) is 4.63. The Bertz CT molecular complexity index is 566. The van der Waals surface area contributed by atoms with Crippen molar-refractivity contribution in [1.82, 2.24) is 0 Å². The number of fused-ring (bicyclic) bond motifs is 1. The number of benzene rings is 1. The van der Waals surface area contributed by atoms with Crippen LogP contribution < -0.4 is 4.74 Å². The molecule has 0 aromatic heterocycles. The van der Waals surface area contributed by atoms with Gasteiger partial charge in [-0.2, -0.15) is 0 Å². The third-order valence-electron chi connectivity index (χ3n) is 4.63. The summed E-state index contributed by atoms with van der Waals surface area (Å²) in [6.45, 7) is 2.18. The van der Waals surface area contributed by atoms with Crippen molar-refractivity contribution < 1.29 is 19.1 Å². The van der Waals surface area contributed by atoms with Gasteiger partial charge in [0.15, 0.2) is 0 Å². The first kappa shape index (κ1) is 14.1. The number of esters is 1. The topological polar surface area (TPSA) is 52.6 Å². The van der Waals surface area contributed by atoms with E-state index in [1.54, 1.807) is 14.0 Å². The summed E-state index contributed by atoms with van der Waals surface area (Å²) >= 11 is 0. The lowest BCUT2D eigenvalue weighted by Crippen LogP contribution is -2.20. The van der Waals surface area contributed by atoms with Crippen molar-refractivity contribution >= 4 is 11.8 Å². The second kappa shape index (κ2) is 5.51. The molecule has 0 spiro atoms. The zero-order chi connectivity index (χ0) is 15.0. The summed E-state index contributed by atoms with van der Waals surface area (Å²) in [6.07, 6.45) is 1.54. The lowest BCUT2D eigenvalue weighted by atomic mass is 9.92. The first-order valence-corrected chi connectivity index (χ1v) is 7.49. The molecule has 2 aliphatic carbocycles. The number of carbonyl (C=O) groups is 2. The minimum absolute atomic E-state index is 0.0396. The molecule has 3 rings (SSSR count). The zero-order valence-corrected chi connectivity index (χ0v) is 12.4. The van der Waals surface area contributed by atoms with Crippen LogP contribution in [0.3, 0.4) is 0 Å². The average Bonchev–Trinajstić information content (AvgIpc) is 3.12. The van der Waals surface area contributed by atoms with Crippen LogP contribution in [-0.4, -0.2) is 25.5 Å². The summed E-state index contributed by atoms with van der Waals surface area (Å²) in [7, 11) is 1.64. The van der Waals surface area contributed by atoms with Crippen molar-refractivity contribution in [2.45, 2.75) is 19.8 Å². The van der Waals surface area contributed by atoms with Gasteiger partial charge in [-0.3, -0.25) is 9.59 Å². The highest BCUT2D eigenvalue weighted by atomic mass is 16.5. The summed E-state index contributed by atoms with van der Waals surface area (Å²) in [5.74, 6) is 0.859. The number of carbonyl (C=O) groups excluding carboxylic acids is 2. The molecule has 0 bridgehead atoms. The van der Waals surface area contributed by atoms with E-state index in [0.29, 0.717) is 6.61 Å². The second-order valence-corrected chi connectivity index (χ2v) is 5.86. The third kappa shape index (κ3) is 2.55. The average molecular weight is 288 g/mol. The monoisotopic (exact) mass is 288 g/mol. The van der Waals surface area contributed by atoms with Crippen molar-refractivity contribution in [1.29, 1.82) is 0 Å². The molecule has 0 saturated heterocycles. The van der Waals surface area contributed by atoms with Crippen LogP contribution in [0.4, 0.5) is 0 Å². The molecule has 4 unspecified atom stereocenters. The molecule has 2 fully saturated rings. The smallest absolute Gasteiger partial charge is 0.309 e.